The van der Waals surface area contributed by atoms with Crippen LogP contribution in [0.5, 0.6) is 5.75 Å². The molecule has 0 amide bonds. The molecule has 0 spiro atoms. The molecule has 3 unspecified atom stereocenters. The Labute approximate surface area is 247 Å². The normalized spacial score (nSPS) is 21.9. The number of aromatic nitrogens is 5. The number of allylic oxidation sites excluding steroid dienone is 1. The van der Waals surface area contributed by atoms with Crippen molar-refractivity contribution in [3.63, 3.8) is 0 Å². The second kappa shape index (κ2) is 9.50. The summed E-state index contributed by atoms with van der Waals surface area (Å²) in [7, 11) is 0. The van der Waals surface area contributed by atoms with Gasteiger partial charge in [0.25, 0.3) is 12.0 Å². The Kier molecular flexibility index (Phi) is 5.78. The monoisotopic (exact) mass is 602 g/mol. The van der Waals surface area contributed by atoms with Gasteiger partial charge in [0, 0.05) is 46.5 Å². The zero-order valence-electron chi connectivity index (χ0n) is 22.5. The van der Waals surface area contributed by atoms with Gasteiger partial charge in [0.05, 0.1) is 29.3 Å². The molecular formula is C31H22ClF3N6O2. The first kappa shape index (κ1) is 26.1. The number of alkyl halides is 2. The summed E-state index contributed by atoms with van der Waals surface area (Å²) in [5.41, 5.74) is 4.20. The van der Waals surface area contributed by atoms with Crippen LogP contribution in [0.2, 0.25) is 5.02 Å². The van der Waals surface area contributed by atoms with Crippen LogP contribution in [0, 0.1) is 5.92 Å². The Balaban J connectivity index is 1.13. The number of ether oxygens (including phenoxy) is 1. The van der Waals surface area contributed by atoms with Gasteiger partial charge < -0.3 is 4.74 Å². The van der Waals surface area contributed by atoms with Gasteiger partial charge >= 0.3 is 0 Å². The molecule has 2 aromatic heterocycles. The molecule has 1 saturated carbocycles. The highest BCUT2D eigenvalue weighted by Crippen LogP contribution is 2.61. The van der Waals surface area contributed by atoms with Crippen molar-refractivity contribution < 1.29 is 17.9 Å². The molecule has 5 heterocycles. The highest BCUT2D eigenvalue weighted by molar-refractivity contribution is 6.31. The molecule has 3 atom stereocenters. The van der Waals surface area contributed by atoms with Crippen LogP contribution in [0.1, 0.15) is 53.9 Å². The summed E-state index contributed by atoms with van der Waals surface area (Å²) in [5, 5.41) is 7.75. The minimum atomic E-state index is -2.79. The van der Waals surface area contributed by atoms with Crippen LogP contribution in [-0.2, 0) is 6.42 Å². The van der Waals surface area contributed by atoms with Gasteiger partial charge in [-0.1, -0.05) is 35.5 Å². The van der Waals surface area contributed by atoms with Gasteiger partial charge in [-0.3, -0.25) is 9.36 Å². The maximum Gasteiger partial charge on any atom is 0.283 e. The maximum absolute atomic E-state index is 15.5. The summed E-state index contributed by atoms with van der Waals surface area (Å²) in [5.74, 6) is 0.767. The first-order valence-corrected chi connectivity index (χ1v) is 14.2. The minimum absolute atomic E-state index is 0.00770. The zero-order valence-corrected chi connectivity index (χ0v) is 23.2. The Morgan fingerprint density at radius 3 is 2.79 bits per heavy atom. The molecule has 8 nitrogen and oxygen atoms in total. The van der Waals surface area contributed by atoms with E-state index in [0.29, 0.717) is 45.7 Å². The van der Waals surface area contributed by atoms with Crippen molar-refractivity contribution in [1.29, 1.82) is 0 Å². The predicted molar refractivity (Wildman–Crippen MR) is 153 cm³/mol. The molecule has 0 radical (unpaired) electrons. The minimum Gasteiger partial charge on any atom is -0.489 e. The van der Waals surface area contributed by atoms with E-state index in [1.807, 2.05) is 18.2 Å². The molecule has 2 aromatic carbocycles. The van der Waals surface area contributed by atoms with Crippen molar-refractivity contribution in [3.8, 4) is 22.7 Å². The molecule has 216 valence electrons. The Morgan fingerprint density at radius 2 is 1.98 bits per heavy atom. The van der Waals surface area contributed by atoms with E-state index in [-0.39, 0.29) is 23.8 Å². The van der Waals surface area contributed by atoms with E-state index >= 15 is 4.39 Å². The largest absolute Gasteiger partial charge is 0.489 e. The zero-order chi connectivity index (χ0) is 29.6. The van der Waals surface area contributed by atoms with Crippen LogP contribution in [0.25, 0.3) is 16.9 Å². The molecule has 4 aromatic rings. The highest BCUT2D eigenvalue weighted by atomic mass is 35.5. The SMILES string of the molecule is C=C1COc2cc(C3=NC(F)=C(C4C5CC5c5nc(-c6cc(Cl)ccc6-n6cc(C(F)F)nn6)cc(=O)n54)C3)ccc2C1. The summed E-state index contributed by atoms with van der Waals surface area (Å²) in [6, 6.07) is 11.4. The molecule has 8 rings (SSSR count). The van der Waals surface area contributed by atoms with E-state index in [0.717, 1.165) is 41.5 Å². The van der Waals surface area contributed by atoms with Crippen LogP contribution >= 0.6 is 11.6 Å². The number of nitrogens with zero attached hydrogens (tertiary/aromatic N) is 6. The molecule has 0 N–H and O–H groups in total. The number of benzene rings is 2. The van der Waals surface area contributed by atoms with Crippen LogP contribution in [0.4, 0.5) is 13.2 Å². The van der Waals surface area contributed by atoms with E-state index in [4.69, 9.17) is 21.3 Å². The molecule has 1 fully saturated rings. The van der Waals surface area contributed by atoms with E-state index in [1.165, 1.54) is 10.7 Å². The first-order chi connectivity index (χ1) is 20.7. The molecule has 1 aliphatic carbocycles. The lowest BCUT2D eigenvalue weighted by Gasteiger charge is -2.21. The summed E-state index contributed by atoms with van der Waals surface area (Å²) < 4.78 is 50.5. The molecule has 4 aliphatic rings. The van der Waals surface area contributed by atoms with E-state index < -0.39 is 24.1 Å². The smallest absolute Gasteiger partial charge is 0.283 e. The van der Waals surface area contributed by atoms with Gasteiger partial charge in [-0.15, -0.1) is 5.10 Å². The van der Waals surface area contributed by atoms with Crippen molar-refractivity contribution in [2.24, 2.45) is 10.9 Å². The topological polar surface area (TPSA) is 87.2 Å². The fraction of sp³-hybridized carbons (Fsp3) is 0.258. The average Bonchev–Trinajstić information content (AvgIpc) is 3.29. The van der Waals surface area contributed by atoms with E-state index in [9.17, 15) is 13.6 Å². The van der Waals surface area contributed by atoms with Gasteiger partial charge in [0.2, 0.25) is 5.95 Å². The average molecular weight is 603 g/mol. The second-order valence-electron chi connectivity index (χ2n) is 11.3. The standard InChI is InChI=1S/C31H22ClF3N6O2/c1-14-6-16-3-2-15(7-26(16)43-13-14)22-10-21(30(35)36-22)28-18-9-19(18)31-37-23(11-27(42)41(28)31)20-8-17(32)4-5-25(20)40-12-24(29(33)34)38-39-40/h2-5,7-8,11-12,18-19,28-29H,1,6,9-10,13H2. The van der Waals surface area contributed by atoms with Crippen molar-refractivity contribution in [1.82, 2.24) is 24.5 Å². The van der Waals surface area contributed by atoms with Crippen LogP contribution in [0.3, 0.4) is 0 Å². The van der Waals surface area contributed by atoms with Crippen molar-refractivity contribution >= 4 is 17.3 Å². The van der Waals surface area contributed by atoms with Gasteiger partial charge in [0.15, 0.2) is 0 Å². The van der Waals surface area contributed by atoms with Crippen molar-refractivity contribution in [2.75, 3.05) is 6.61 Å². The van der Waals surface area contributed by atoms with Gasteiger partial charge in [0.1, 0.15) is 23.9 Å². The molecule has 3 aliphatic heterocycles. The lowest BCUT2D eigenvalue weighted by Crippen LogP contribution is -2.27. The maximum atomic E-state index is 15.5. The van der Waals surface area contributed by atoms with Crippen LogP contribution in [0.15, 0.2) is 82.1 Å². The second-order valence-corrected chi connectivity index (χ2v) is 11.7. The third kappa shape index (κ3) is 4.24. The predicted octanol–water partition coefficient (Wildman–Crippen LogP) is 6.31. The summed E-state index contributed by atoms with van der Waals surface area (Å²) in [6.45, 7) is 4.44. The fourth-order valence-electron chi connectivity index (χ4n) is 6.45. The van der Waals surface area contributed by atoms with Crippen LogP contribution < -0.4 is 10.3 Å². The number of rotatable bonds is 5. The Hall–Kier alpha value is -4.51. The molecule has 12 heteroatoms. The quantitative estimate of drug-likeness (QED) is 0.197. The third-order valence-electron chi connectivity index (χ3n) is 8.54. The third-order valence-corrected chi connectivity index (χ3v) is 8.77. The Bertz CT molecular complexity index is 2000. The molecule has 43 heavy (non-hydrogen) atoms. The fourth-order valence-corrected chi connectivity index (χ4v) is 6.63. The highest BCUT2D eigenvalue weighted by Gasteiger charge is 2.56. The first-order valence-electron chi connectivity index (χ1n) is 13.8. The number of hydrogen-bond acceptors (Lipinski definition) is 6. The van der Waals surface area contributed by atoms with E-state index in [2.05, 4.69) is 21.9 Å². The van der Waals surface area contributed by atoms with Gasteiger partial charge in [-0.05, 0) is 47.7 Å². The number of aliphatic imine (C=N–C) groups is 1. The molecule has 0 bridgehead atoms. The molecule has 0 saturated heterocycles. The lowest BCUT2D eigenvalue weighted by atomic mass is 9.95. The lowest BCUT2D eigenvalue weighted by molar-refractivity contribution is 0.146. The van der Waals surface area contributed by atoms with Crippen molar-refractivity contribution in [2.45, 2.75) is 37.6 Å². The van der Waals surface area contributed by atoms with Crippen molar-refractivity contribution in [3.05, 3.63) is 110 Å². The van der Waals surface area contributed by atoms with Crippen LogP contribution in [-0.4, -0.2) is 36.9 Å². The summed E-state index contributed by atoms with van der Waals surface area (Å²) >= 11 is 6.29. The number of hydrogen-bond donors (Lipinski definition) is 0. The van der Waals surface area contributed by atoms with E-state index in [1.54, 1.807) is 22.8 Å². The summed E-state index contributed by atoms with van der Waals surface area (Å²) in [6.07, 6.45) is 0.129. The summed E-state index contributed by atoms with van der Waals surface area (Å²) in [4.78, 5) is 22.8. The Morgan fingerprint density at radius 1 is 1.12 bits per heavy atom. The van der Waals surface area contributed by atoms with Gasteiger partial charge in [-0.25, -0.2) is 23.4 Å². The number of fused-ring (bicyclic) bond motifs is 4. The van der Waals surface area contributed by atoms with Gasteiger partial charge in [-0.2, -0.15) is 4.39 Å². The molecular weight excluding hydrogens is 581 g/mol. The number of halogens is 4.